The summed E-state index contributed by atoms with van der Waals surface area (Å²) in [5.74, 6) is 0. The quantitative estimate of drug-likeness (QED) is 0.775. The van der Waals surface area contributed by atoms with Crippen LogP contribution < -0.4 is 0 Å². The molecule has 2 N–H and O–H groups in total. The van der Waals surface area contributed by atoms with Crippen LogP contribution in [-0.4, -0.2) is 16.3 Å². The van der Waals surface area contributed by atoms with E-state index in [9.17, 15) is 10.2 Å². The fraction of sp³-hybridized carbons (Fsp3) is 0.538. The van der Waals surface area contributed by atoms with Crippen molar-refractivity contribution in [1.29, 1.82) is 0 Å². The molecule has 0 amide bonds. The highest BCUT2D eigenvalue weighted by Crippen LogP contribution is 2.51. The summed E-state index contributed by atoms with van der Waals surface area (Å²) >= 11 is 0. The van der Waals surface area contributed by atoms with Crippen molar-refractivity contribution in [2.45, 2.75) is 38.9 Å². The molecule has 0 spiro atoms. The Morgan fingerprint density at radius 2 is 1.93 bits per heavy atom. The van der Waals surface area contributed by atoms with E-state index in [4.69, 9.17) is 0 Å². The van der Waals surface area contributed by atoms with Crippen LogP contribution in [0.1, 0.15) is 31.9 Å². The zero-order valence-electron chi connectivity index (χ0n) is 9.49. The maximum atomic E-state index is 10.6. The lowest BCUT2D eigenvalue weighted by molar-refractivity contribution is -0.141. The van der Waals surface area contributed by atoms with Crippen molar-refractivity contribution in [2.24, 2.45) is 5.41 Å². The Labute approximate surface area is 90.6 Å². The SMILES string of the molecule is C[C@@H](O)C(C)(C)[C@@]1(O)Cc2ccccc21. The molecule has 0 radical (unpaired) electrons. The Balaban J connectivity index is 2.42. The molecule has 0 aliphatic heterocycles. The second-order valence-corrected chi connectivity index (χ2v) is 5.09. The van der Waals surface area contributed by atoms with Gasteiger partial charge >= 0.3 is 0 Å². The predicted octanol–water partition coefficient (Wildman–Crippen LogP) is 1.84. The van der Waals surface area contributed by atoms with Gasteiger partial charge in [-0.25, -0.2) is 0 Å². The van der Waals surface area contributed by atoms with E-state index in [2.05, 4.69) is 0 Å². The first-order valence-corrected chi connectivity index (χ1v) is 5.38. The van der Waals surface area contributed by atoms with Crippen molar-refractivity contribution < 1.29 is 10.2 Å². The molecule has 0 fully saturated rings. The fourth-order valence-electron chi connectivity index (χ4n) is 2.26. The van der Waals surface area contributed by atoms with Gasteiger partial charge in [-0.15, -0.1) is 0 Å². The van der Waals surface area contributed by atoms with Crippen LogP contribution in [0.2, 0.25) is 0 Å². The largest absolute Gasteiger partial charge is 0.393 e. The highest BCUT2D eigenvalue weighted by Gasteiger charge is 2.53. The molecule has 0 unspecified atom stereocenters. The highest BCUT2D eigenvalue weighted by atomic mass is 16.3. The Kier molecular flexibility index (Phi) is 2.18. The van der Waals surface area contributed by atoms with Crippen molar-refractivity contribution in [3.05, 3.63) is 35.4 Å². The van der Waals surface area contributed by atoms with Gasteiger partial charge in [-0.05, 0) is 18.1 Å². The summed E-state index contributed by atoms with van der Waals surface area (Å²) in [6.45, 7) is 5.56. The third-order valence-electron chi connectivity index (χ3n) is 4.02. The summed E-state index contributed by atoms with van der Waals surface area (Å²) in [6, 6.07) is 7.89. The van der Waals surface area contributed by atoms with Crippen LogP contribution in [0.5, 0.6) is 0 Å². The average Bonchev–Trinajstić information content (AvgIpc) is 2.15. The maximum Gasteiger partial charge on any atom is 0.101 e. The molecule has 0 saturated heterocycles. The molecule has 1 aliphatic rings. The zero-order chi connectivity index (χ0) is 11.3. The van der Waals surface area contributed by atoms with Crippen LogP contribution in [0.15, 0.2) is 24.3 Å². The highest BCUT2D eigenvalue weighted by molar-refractivity contribution is 5.44. The van der Waals surface area contributed by atoms with Crippen LogP contribution in [0.25, 0.3) is 0 Å². The lowest BCUT2D eigenvalue weighted by atomic mass is 9.58. The molecule has 0 bridgehead atoms. The van der Waals surface area contributed by atoms with Gasteiger partial charge in [0.1, 0.15) is 5.60 Å². The van der Waals surface area contributed by atoms with E-state index in [0.29, 0.717) is 6.42 Å². The predicted molar refractivity (Wildman–Crippen MR) is 59.5 cm³/mol. The monoisotopic (exact) mass is 206 g/mol. The number of rotatable bonds is 2. The number of hydrogen-bond acceptors (Lipinski definition) is 2. The number of benzene rings is 1. The van der Waals surface area contributed by atoms with Crippen LogP contribution >= 0.6 is 0 Å². The third kappa shape index (κ3) is 1.25. The summed E-state index contributed by atoms with van der Waals surface area (Å²) in [6.07, 6.45) is 0.108. The van der Waals surface area contributed by atoms with Crippen LogP contribution in [-0.2, 0) is 12.0 Å². The summed E-state index contributed by atoms with van der Waals surface area (Å²) in [5, 5.41) is 20.3. The minimum atomic E-state index is -0.877. The van der Waals surface area contributed by atoms with E-state index in [1.807, 2.05) is 38.1 Å². The molecular weight excluding hydrogens is 188 g/mol. The number of aliphatic hydroxyl groups excluding tert-OH is 1. The van der Waals surface area contributed by atoms with Crippen molar-refractivity contribution >= 4 is 0 Å². The van der Waals surface area contributed by atoms with Gasteiger partial charge in [0.2, 0.25) is 0 Å². The maximum absolute atomic E-state index is 10.6. The zero-order valence-corrected chi connectivity index (χ0v) is 9.49. The molecular formula is C13H18O2. The summed E-state index contributed by atoms with van der Waals surface area (Å²) in [5.41, 5.74) is 0.767. The Hall–Kier alpha value is -0.860. The normalized spacial score (nSPS) is 26.7. The molecule has 2 heteroatoms. The van der Waals surface area contributed by atoms with E-state index in [1.54, 1.807) is 6.92 Å². The number of aliphatic hydroxyl groups is 2. The van der Waals surface area contributed by atoms with Gasteiger partial charge in [0.05, 0.1) is 6.10 Å². The van der Waals surface area contributed by atoms with Gasteiger partial charge in [-0.3, -0.25) is 0 Å². The van der Waals surface area contributed by atoms with Gasteiger partial charge in [-0.1, -0.05) is 38.1 Å². The molecule has 0 saturated carbocycles. The van der Waals surface area contributed by atoms with Gasteiger partial charge in [0.25, 0.3) is 0 Å². The van der Waals surface area contributed by atoms with Gasteiger partial charge in [-0.2, -0.15) is 0 Å². The Morgan fingerprint density at radius 1 is 1.33 bits per heavy atom. The minimum Gasteiger partial charge on any atom is -0.393 e. The minimum absolute atomic E-state index is 0.513. The van der Waals surface area contributed by atoms with E-state index in [1.165, 1.54) is 5.56 Å². The van der Waals surface area contributed by atoms with Gasteiger partial charge in [0, 0.05) is 11.8 Å². The Bertz CT molecular complexity index is 382. The molecule has 82 valence electrons. The van der Waals surface area contributed by atoms with Crippen LogP contribution in [0.3, 0.4) is 0 Å². The summed E-state index contributed by atoms with van der Waals surface area (Å²) < 4.78 is 0. The summed E-state index contributed by atoms with van der Waals surface area (Å²) in [4.78, 5) is 0. The van der Waals surface area contributed by atoms with Crippen molar-refractivity contribution in [2.75, 3.05) is 0 Å². The molecule has 2 atom stereocenters. The second kappa shape index (κ2) is 3.06. The van der Waals surface area contributed by atoms with Crippen molar-refractivity contribution in [1.82, 2.24) is 0 Å². The number of fused-ring (bicyclic) bond motifs is 1. The van der Waals surface area contributed by atoms with Crippen LogP contribution in [0.4, 0.5) is 0 Å². The van der Waals surface area contributed by atoms with Crippen molar-refractivity contribution in [3.8, 4) is 0 Å². The first-order chi connectivity index (χ1) is 6.89. The molecule has 0 heterocycles. The van der Waals surface area contributed by atoms with Crippen molar-refractivity contribution in [3.63, 3.8) is 0 Å². The lowest BCUT2D eigenvalue weighted by Gasteiger charge is -2.51. The van der Waals surface area contributed by atoms with E-state index >= 15 is 0 Å². The molecule has 2 nitrogen and oxygen atoms in total. The van der Waals surface area contributed by atoms with Gasteiger partial charge < -0.3 is 10.2 Å². The molecule has 0 aromatic heterocycles. The van der Waals surface area contributed by atoms with Crippen LogP contribution in [0, 0.1) is 5.41 Å². The molecule has 1 aromatic rings. The van der Waals surface area contributed by atoms with E-state index in [-0.39, 0.29) is 0 Å². The molecule has 1 aliphatic carbocycles. The molecule has 2 rings (SSSR count). The Morgan fingerprint density at radius 3 is 2.47 bits per heavy atom. The van der Waals surface area contributed by atoms with Gasteiger partial charge in [0.15, 0.2) is 0 Å². The summed E-state index contributed by atoms with van der Waals surface area (Å²) in [7, 11) is 0. The second-order valence-electron chi connectivity index (χ2n) is 5.09. The fourth-order valence-corrected chi connectivity index (χ4v) is 2.26. The molecule has 15 heavy (non-hydrogen) atoms. The smallest absolute Gasteiger partial charge is 0.101 e. The van der Waals surface area contributed by atoms with E-state index < -0.39 is 17.1 Å². The third-order valence-corrected chi connectivity index (χ3v) is 4.02. The average molecular weight is 206 g/mol. The van der Waals surface area contributed by atoms with E-state index in [0.717, 1.165) is 5.56 Å². The lowest BCUT2D eigenvalue weighted by Crippen LogP contribution is -2.55. The number of hydrogen-bond donors (Lipinski definition) is 2. The first-order valence-electron chi connectivity index (χ1n) is 5.38. The topological polar surface area (TPSA) is 40.5 Å². The molecule has 1 aromatic carbocycles. The first kappa shape index (κ1) is 10.7. The standard InChI is InChI=1S/C13H18O2/c1-9(14)12(2,3)13(15)8-10-6-4-5-7-11(10)13/h4-7,9,14-15H,8H2,1-3H3/t9-,13-/m1/s1.